The Bertz CT molecular complexity index is 2270. The molecule has 12 nitrogen and oxygen atoms in total. The van der Waals surface area contributed by atoms with Crippen LogP contribution in [0, 0.1) is 19.8 Å². The molecule has 1 saturated heterocycles. The smallest absolute Gasteiger partial charge is 0.290 e. The van der Waals surface area contributed by atoms with Crippen molar-refractivity contribution in [3.8, 4) is 22.4 Å². The standard InChI is InChI=1S/C37H38N8O4/c1-22-17-28-19-30(25-9-11-26(12-10-25)32-23(2)49-44(5)37(32)48)45(16-13-24-20-42(3)21-24)34(28)33(38-22)36(47)39-29-8-6-7-27(18-29)35(46)40-31-14-15-43(4)41-31/h6-12,14-15,17-19,24H,13,16,20-21H2,1-5H3,(H,39,47)(H,40,41,46). The maximum Gasteiger partial charge on any atom is 0.290 e. The number of aromatic nitrogens is 5. The highest BCUT2D eigenvalue weighted by atomic mass is 16.5. The highest BCUT2D eigenvalue weighted by molar-refractivity contribution is 6.12. The molecule has 4 aromatic heterocycles. The Labute approximate surface area is 282 Å². The molecule has 2 N–H and O–H groups in total. The third-order valence-electron chi connectivity index (χ3n) is 9.05. The minimum atomic E-state index is -0.369. The lowest BCUT2D eigenvalue weighted by atomic mass is 9.97. The van der Waals surface area contributed by atoms with Gasteiger partial charge < -0.3 is 24.6 Å². The molecule has 0 unspecified atom stereocenters. The van der Waals surface area contributed by atoms with Gasteiger partial charge >= 0.3 is 0 Å². The maximum absolute atomic E-state index is 14.0. The van der Waals surface area contributed by atoms with Crippen LogP contribution in [0.2, 0.25) is 0 Å². The minimum absolute atomic E-state index is 0.179. The number of anilines is 2. The highest BCUT2D eigenvalue weighted by Gasteiger charge is 2.26. The zero-order valence-electron chi connectivity index (χ0n) is 28.2. The summed E-state index contributed by atoms with van der Waals surface area (Å²) in [6.07, 6.45) is 2.69. The van der Waals surface area contributed by atoms with Crippen LogP contribution in [0.4, 0.5) is 11.5 Å². The van der Waals surface area contributed by atoms with Crippen molar-refractivity contribution in [1.29, 1.82) is 0 Å². The number of likely N-dealkylation sites (tertiary alicyclic amines) is 1. The number of benzene rings is 2. The van der Waals surface area contributed by atoms with Crippen molar-refractivity contribution in [3.05, 3.63) is 106 Å². The van der Waals surface area contributed by atoms with Crippen LogP contribution >= 0.6 is 0 Å². The molecule has 0 bridgehead atoms. The van der Waals surface area contributed by atoms with Gasteiger partial charge in [0.2, 0.25) is 0 Å². The molecule has 7 rings (SSSR count). The number of pyridine rings is 1. The second-order valence-corrected chi connectivity index (χ2v) is 12.9. The molecule has 12 heteroatoms. The van der Waals surface area contributed by atoms with Crippen LogP contribution in [0.3, 0.4) is 0 Å². The molecule has 0 aliphatic carbocycles. The average Bonchev–Trinajstić information content (AvgIpc) is 3.72. The van der Waals surface area contributed by atoms with Gasteiger partial charge in [-0.3, -0.25) is 19.1 Å². The summed E-state index contributed by atoms with van der Waals surface area (Å²) in [5, 5.41) is 10.9. The van der Waals surface area contributed by atoms with E-state index in [1.807, 2.05) is 37.3 Å². The van der Waals surface area contributed by atoms with E-state index in [0.29, 0.717) is 52.2 Å². The summed E-state index contributed by atoms with van der Waals surface area (Å²) in [6.45, 7) is 6.45. The summed E-state index contributed by atoms with van der Waals surface area (Å²) >= 11 is 0. The third kappa shape index (κ3) is 6.30. The van der Waals surface area contributed by atoms with E-state index in [2.05, 4.69) is 38.3 Å². The van der Waals surface area contributed by atoms with E-state index in [9.17, 15) is 14.4 Å². The van der Waals surface area contributed by atoms with Crippen LogP contribution in [0.1, 0.15) is 38.7 Å². The van der Waals surface area contributed by atoms with Crippen molar-refractivity contribution in [2.24, 2.45) is 20.0 Å². The first-order valence-corrected chi connectivity index (χ1v) is 16.2. The van der Waals surface area contributed by atoms with Crippen molar-refractivity contribution in [2.75, 3.05) is 30.8 Å². The largest absolute Gasteiger partial charge is 0.381 e. The van der Waals surface area contributed by atoms with Crippen molar-refractivity contribution >= 4 is 34.2 Å². The van der Waals surface area contributed by atoms with E-state index < -0.39 is 0 Å². The lowest BCUT2D eigenvalue weighted by Gasteiger charge is -2.36. The second-order valence-electron chi connectivity index (χ2n) is 12.9. The van der Waals surface area contributed by atoms with E-state index in [0.717, 1.165) is 47.2 Å². The van der Waals surface area contributed by atoms with Crippen LogP contribution in [0.25, 0.3) is 33.3 Å². The van der Waals surface area contributed by atoms with Gasteiger partial charge in [-0.25, -0.2) is 4.98 Å². The Hall–Kier alpha value is -5.75. The number of nitrogens with one attached hydrogen (secondary N) is 2. The van der Waals surface area contributed by atoms with E-state index in [4.69, 9.17) is 9.51 Å². The summed E-state index contributed by atoms with van der Waals surface area (Å²) < 4.78 is 10.6. The van der Waals surface area contributed by atoms with Crippen molar-refractivity contribution < 1.29 is 14.1 Å². The van der Waals surface area contributed by atoms with Crippen LogP contribution in [-0.4, -0.2) is 60.9 Å². The molecule has 2 amide bonds. The number of nitrogens with zero attached hydrogens (tertiary/aromatic N) is 6. The van der Waals surface area contributed by atoms with Crippen molar-refractivity contribution in [1.82, 2.24) is 29.0 Å². The Morgan fingerprint density at radius 2 is 1.67 bits per heavy atom. The molecule has 2 aromatic carbocycles. The zero-order chi connectivity index (χ0) is 34.4. The number of hydrogen-bond donors (Lipinski definition) is 2. The number of carbonyl (C=O) groups excluding carboxylic acids is 2. The Balaban J connectivity index is 1.23. The normalized spacial score (nSPS) is 13.5. The van der Waals surface area contributed by atoms with E-state index in [1.54, 1.807) is 62.2 Å². The molecule has 0 saturated carbocycles. The lowest BCUT2D eigenvalue weighted by Crippen LogP contribution is -2.43. The molecule has 1 aliphatic heterocycles. The molecule has 0 atom stereocenters. The predicted molar refractivity (Wildman–Crippen MR) is 189 cm³/mol. The molecule has 1 aliphatic rings. The SMILES string of the molecule is Cc1cc2cc(-c3ccc(-c4c(C)on(C)c4=O)cc3)n(CCC3CN(C)C3)c2c(C(=O)Nc2cccc(C(=O)Nc3ccn(C)n3)c2)n1. The summed E-state index contributed by atoms with van der Waals surface area (Å²) in [5.74, 6) is 0.867. The summed E-state index contributed by atoms with van der Waals surface area (Å²) in [4.78, 5) is 46.7. The quantitative estimate of drug-likeness (QED) is 0.211. The third-order valence-corrected chi connectivity index (χ3v) is 9.05. The second kappa shape index (κ2) is 12.7. The van der Waals surface area contributed by atoms with Gasteiger partial charge in [0.15, 0.2) is 11.5 Å². The van der Waals surface area contributed by atoms with Gasteiger partial charge in [-0.2, -0.15) is 9.84 Å². The van der Waals surface area contributed by atoms with Crippen LogP contribution in [-0.2, 0) is 20.6 Å². The summed E-state index contributed by atoms with van der Waals surface area (Å²) in [7, 11) is 5.50. The number of aryl methyl sites for hydroxylation is 5. The number of fused-ring (bicyclic) bond motifs is 1. The molecule has 0 spiro atoms. The van der Waals surface area contributed by atoms with Gasteiger partial charge in [-0.15, -0.1) is 0 Å². The number of rotatable bonds is 9. The molecular weight excluding hydrogens is 620 g/mol. The molecule has 250 valence electrons. The average molecular weight is 659 g/mol. The van der Waals surface area contributed by atoms with E-state index >= 15 is 0 Å². The van der Waals surface area contributed by atoms with Crippen LogP contribution in [0.15, 0.2) is 82.2 Å². The summed E-state index contributed by atoms with van der Waals surface area (Å²) in [5.41, 5.74) is 5.69. The number of amides is 2. The summed E-state index contributed by atoms with van der Waals surface area (Å²) in [6, 6.07) is 20.5. The Kier molecular flexibility index (Phi) is 8.25. The van der Waals surface area contributed by atoms with Gasteiger partial charge in [0.05, 0.1) is 11.1 Å². The highest BCUT2D eigenvalue weighted by Crippen LogP contribution is 2.34. The zero-order valence-corrected chi connectivity index (χ0v) is 28.2. The van der Waals surface area contributed by atoms with Crippen LogP contribution in [0.5, 0.6) is 0 Å². The molecule has 49 heavy (non-hydrogen) atoms. The molecule has 5 heterocycles. The first-order valence-electron chi connectivity index (χ1n) is 16.2. The molecule has 1 fully saturated rings. The van der Waals surface area contributed by atoms with E-state index in [-0.39, 0.29) is 17.4 Å². The molecular formula is C37H38N8O4. The topological polar surface area (TPSA) is 132 Å². The fourth-order valence-corrected chi connectivity index (χ4v) is 6.72. The van der Waals surface area contributed by atoms with Gasteiger partial charge in [-0.05, 0) is 74.7 Å². The predicted octanol–water partition coefficient (Wildman–Crippen LogP) is 5.47. The molecule has 0 radical (unpaired) electrons. The minimum Gasteiger partial charge on any atom is -0.381 e. The van der Waals surface area contributed by atoms with Gasteiger partial charge in [-0.1, -0.05) is 30.3 Å². The first-order chi connectivity index (χ1) is 23.5. The van der Waals surface area contributed by atoms with Crippen molar-refractivity contribution in [2.45, 2.75) is 26.8 Å². The Morgan fingerprint density at radius 1 is 0.918 bits per heavy atom. The van der Waals surface area contributed by atoms with E-state index in [1.165, 1.54) is 4.74 Å². The van der Waals surface area contributed by atoms with Gasteiger partial charge in [0.1, 0.15) is 5.76 Å². The maximum atomic E-state index is 14.0. The van der Waals surface area contributed by atoms with Gasteiger partial charge in [0.25, 0.3) is 17.4 Å². The monoisotopic (exact) mass is 658 g/mol. The molecule has 6 aromatic rings. The number of carbonyl (C=O) groups is 2. The first kappa shape index (κ1) is 31.8. The fourth-order valence-electron chi connectivity index (χ4n) is 6.72. The number of hydrogen-bond acceptors (Lipinski definition) is 7. The Morgan fingerprint density at radius 3 is 2.35 bits per heavy atom. The van der Waals surface area contributed by atoms with Crippen molar-refractivity contribution in [3.63, 3.8) is 0 Å². The fraction of sp³-hybridized carbons (Fsp3) is 0.270. The van der Waals surface area contributed by atoms with Crippen LogP contribution < -0.4 is 16.2 Å². The lowest BCUT2D eigenvalue weighted by molar-refractivity contribution is 0.101. The van der Waals surface area contributed by atoms with Gasteiger partial charge in [0, 0.05) is 74.0 Å².